The molecule has 0 saturated carbocycles. The predicted octanol–water partition coefficient (Wildman–Crippen LogP) is 3.74. The van der Waals surface area contributed by atoms with E-state index in [2.05, 4.69) is 23.8 Å². The molecule has 2 aromatic carbocycles. The van der Waals surface area contributed by atoms with Gasteiger partial charge < -0.3 is 10.6 Å². The van der Waals surface area contributed by atoms with Gasteiger partial charge in [0.15, 0.2) is 5.65 Å². The van der Waals surface area contributed by atoms with Gasteiger partial charge in [-0.05, 0) is 37.6 Å². The lowest BCUT2D eigenvalue weighted by Crippen LogP contribution is -2.48. The molecule has 1 aliphatic heterocycles. The summed E-state index contributed by atoms with van der Waals surface area (Å²) in [5.74, 6) is -0.415. The molecule has 0 spiro atoms. The molecule has 3 heterocycles. The third-order valence-electron chi connectivity index (χ3n) is 6.66. The fourth-order valence-electron chi connectivity index (χ4n) is 4.64. The van der Waals surface area contributed by atoms with Crippen LogP contribution in [0.3, 0.4) is 0 Å². The fraction of sp³-hybridized carbons (Fsp3) is 0.286. The molecule has 8 heteroatoms. The van der Waals surface area contributed by atoms with Crippen molar-refractivity contribution in [3.05, 3.63) is 83.6 Å². The average molecular weight is 483 g/mol. The number of rotatable bonds is 6. The van der Waals surface area contributed by atoms with Crippen molar-refractivity contribution in [3.8, 4) is 11.3 Å². The van der Waals surface area contributed by atoms with Gasteiger partial charge in [-0.25, -0.2) is 9.67 Å². The van der Waals surface area contributed by atoms with Crippen LogP contribution in [0.15, 0.2) is 66.9 Å². The molecule has 2 aromatic heterocycles. The Morgan fingerprint density at radius 2 is 1.67 bits per heavy atom. The minimum atomic E-state index is -0.423. The van der Waals surface area contributed by atoms with E-state index in [0.717, 1.165) is 47.5 Å². The topological polar surface area (TPSA) is 97.4 Å². The van der Waals surface area contributed by atoms with Crippen molar-refractivity contribution in [1.82, 2.24) is 24.6 Å². The Kier molecular flexibility index (Phi) is 6.52. The molecule has 0 unspecified atom stereocenters. The van der Waals surface area contributed by atoms with Gasteiger partial charge in [-0.15, -0.1) is 0 Å². The molecule has 0 atom stereocenters. The zero-order valence-electron chi connectivity index (χ0n) is 20.6. The summed E-state index contributed by atoms with van der Waals surface area (Å²) in [7, 11) is 0. The van der Waals surface area contributed by atoms with E-state index in [-0.39, 0.29) is 11.9 Å². The highest BCUT2D eigenvalue weighted by Gasteiger charge is 2.26. The average Bonchev–Trinajstić information content (AvgIpc) is 3.33. The van der Waals surface area contributed by atoms with Crippen molar-refractivity contribution in [2.24, 2.45) is 5.73 Å². The Hall–Kier alpha value is -4.04. The zero-order valence-corrected chi connectivity index (χ0v) is 20.6. The second-order valence-corrected chi connectivity index (χ2v) is 9.47. The molecule has 36 heavy (non-hydrogen) atoms. The number of amides is 2. The third kappa shape index (κ3) is 4.72. The van der Waals surface area contributed by atoms with E-state index in [1.165, 1.54) is 0 Å². The van der Waals surface area contributed by atoms with Gasteiger partial charge in [-0.2, -0.15) is 5.10 Å². The van der Waals surface area contributed by atoms with Crippen LogP contribution in [0, 0.1) is 0 Å². The summed E-state index contributed by atoms with van der Waals surface area (Å²) in [6.45, 7) is 7.71. The van der Waals surface area contributed by atoms with Crippen molar-refractivity contribution in [2.45, 2.75) is 26.4 Å². The molecule has 8 nitrogen and oxygen atoms in total. The lowest BCUT2D eigenvalue weighted by atomic mass is 10.1. The lowest BCUT2D eigenvalue weighted by Gasteiger charge is -2.35. The van der Waals surface area contributed by atoms with Gasteiger partial charge in [0.25, 0.3) is 5.91 Å². The zero-order chi connectivity index (χ0) is 25.2. The second kappa shape index (κ2) is 9.91. The Balaban J connectivity index is 1.36. The number of hydrogen-bond donors (Lipinski definition) is 1. The van der Waals surface area contributed by atoms with Gasteiger partial charge >= 0.3 is 0 Å². The maximum absolute atomic E-state index is 13.7. The molecule has 184 valence electrons. The number of hydrogen-bond acceptors (Lipinski definition) is 5. The number of aromatic nitrogens is 3. The van der Waals surface area contributed by atoms with Crippen molar-refractivity contribution < 1.29 is 9.59 Å². The van der Waals surface area contributed by atoms with Crippen LogP contribution in [0.4, 0.5) is 0 Å². The first-order valence-corrected chi connectivity index (χ1v) is 12.2. The summed E-state index contributed by atoms with van der Waals surface area (Å²) in [5, 5.41) is 5.32. The van der Waals surface area contributed by atoms with E-state index in [4.69, 9.17) is 10.7 Å². The minimum absolute atomic E-state index is 0.00773. The molecule has 0 radical (unpaired) electrons. The number of carbonyl (C=O) groups excluding carboxylic acids is 2. The smallest absolute Gasteiger partial charge is 0.254 e. The maximum Gasteiger partial charge on any atom is 0.254 e. The molecule has 0 bridgehead atoms. The summed E-state index contributed by atoms with van der Waals surface area (Å²) >= 11 is 0. The van der Waals surface area contributed by atoms with Crippen LogP contribution < -0.4 is 5.73 Å². The number of carbonyl (C=O) groups is 2. The number of pyridine rings is 1. The predicted molar refractivity (Wildman–Crippen MR) is 139 cm³/mol. The van der Waals surface area contributed by atoms with Gasteiger partial charge in [0.1, 0.15) is 0 Å². The Labute approximate surface area is 210 Å². The number of nitrogens with two attached hydrogens (primary N) is 1. The minimum Gasteiger partial charge on any atom is -0.366 e. The molecular weight excluding hydrogens is 452 g/mol. The van der Waals surface area contributed by atoms with Crippen molar-refractivity contribution in [1.29, 1.82) is 0 Å². The first-order valence-electron chi connectivity index (χ1n) is 12.2. The first kappa shape index (κ1) is 23.7. The van der Waals surface area contributed by atoms with E-state index in [9.17, 15) is 9.59 Å². The normalized spacial score (nSPS) is 14.5. The van der Waals surface area contributed by atoms with E-state index in [1.807, 2.05) is 58.1 Å². The molecule has 2 amide bonds. The molecule has 5 rings (SSSR count). The van der Waals surface area contributed by atoms with E-state index >= 15 is 0 Å². The molecular formula is C28H30N6O2. The van der Waals surface area contributed by atoms with Crippen LogP contribution in [0.2, 0.25) is 0 Å². The molecule has 1 fully saturated rings. The summed E-state index contributed by atoms with van der Waals surface area (Å²) in [6, 6.07) is 19.3. The van der Waals surface area contributed by atoms with Crippen molar-refractivity contribution in [3.63, 3.8) is 0 Å². The maximum atomic E-state index is 13.7. The van der Waals surface area contributed by atoms with Gasteiger partial charge in [0.2, 0.25) is 5.91 Å². The van der Waals surface area contributed by atoms with Crippen molar-refractivity contribution >= 4 is 22.8 Å². The van der Waals surface area contributed by atoms with E-state index in [1.54, 1.807) is 18.3 Å². The van der Waals surface area contributed by atoms with Crippen LogP contribution in [-0.4, -0.2) is 62.6 Å². The highest BCUT2D eigenvalue weighted by molar-refractivity contribution is 6.06. The highest BCUT2D eigenvalue weighted by Crippen LogP contribution is 2.27. The van der Waals surface area contributed by atoms with Gasteiger partial charge in [-0.3, -0.25) is 14.5 Å². The van der Waals surface area contributed by atoms with Crippen LogP contribution in [0.25, 0.3) is 22.3 Å². The molecule has 4 aromatic rings. The van der Waals surface area contributed by atoms with Crippen molar-refractivity contribution in [2.75, 3.05) is 26.2 Å². The summed E-state index contributed by atoms with van der Waals surface area (Å²) < 4.78 is 1.87. The highest BCUT2D eigenvalue weighted by atomic mass is 16.2. The number of nitrogens with zero attached hydrogens (tertiary/aromatic N) is 5. The SMILES string of the molecule is CC(C)n1ncc2c(C(=O)N3CCN(Cc4ccc(C(N)=O)cc4)CC3)cc(-c3ccccc3)nc21. The Bertz CT molecular complexity index is 1390. The van der Waals surface area contributed by atoms with Crippen LogP contribution in [-0.2, 0) is 6.54 Å². The number of fused-ring (bicyclic) bond motifs is 1. The Morgan fingerprint density at radius 3 is 2.31 bits per heavy atom. The molecule has 0 aliphatic carbocycles. The van der Waals surface area contributed by atoms with Crippen LogP contribution >= 0.6 is 0 Å². The van der Waals surface area contributed by atoms with E-state index < -0.39 is 5.91 Å². The fourth-order valence-corrected chi connectivity index (χ4v) is 4.64. The lowest BCUT2D eigenvalue weighted by molar-refractivity contribution is 0.0630. The number of piperazine rings is 1. The standard InChI is InChI=1S/C28H30N6O2/c1-19(2)34-27-24(17-30-34)23(16-25(31-27)21-6-4-3-5-7-21)28(36)33-14-12-32(13-15-33)18-20-8-10-22(11-9-20)26(29)35/h3-11,16-17,19H,12-15,18H2,1-2H3,(H2,29,35). The molecule has 2 N–H and O–H groups in total. The third-order valence-corrected chi connectivity index (χ3v) is 6.66. The quantitative estimate of drug-likeness (QED) is 0.452. The Morgan fingerprint density at radius 1 is 0.972 bits per heavy atom. The second-order valence-electron chi connectivity index (χ2n) is 9.47. The van der Waals surface area contributed by atoms with Crippen LogP contribution in [0.1, 0.15) is 46.2 Å². The van der Waals surface area contributed by atoms with Crippen LogP contribution in [0.5, 0.6) is 0 Å². The summed E-state index contributed by atoms with van der Waals surface area (Å²) in [4.78, 5) is 34.2. The van der Waals surface area contributed by atoms with E-state index in [0.29, 0.717) is 24.2 Å². The van der Waals surface area contributed by atoms with Gasteiger partial charge in [0.05, 0.1) is 22.8 Å². The molecule has 1 saturated heterocycles. The van der Waals surface area contributed by atoms with Gasteiger partial charge in [0, 0.05) is 49.9 Å². The molecule has 1 aliphatic rings. The van der Waals surface area contributed by atoms with Gasteiger partial charge in [-0.1, -0.05) is 42.5 Å². The number of benzene rings is 2. The largest absolute Gasteiger partial charge is 0.366 e. The summed E-state index contributed by atoms with van der Waals surface area (Å²) in [6.07, 6.45) is 1.76. The monoisotopic (exact) mass is 482 g/mol. The summed E-state index contributed by atoms with van der Waals surface area (Å²) in [5.41, 5.74) is 10.1. The number of primary amides is 1. The first-order chi connectivity index (χ1) is 17.4.